The van der Waals surface area contributed by atoms with Crippen molar-refractivity contribution < 1.29 is 4.79 Å². The van der Waals surface area contributed by atoms with Gasteiger partial charge < -0.3 is 4.79 Å². The first-order valence-electron chi connectivity index (χ1n) is 6.39. The molecule has 1 fully saturated rings. The molecule has 0 spiro atoms. The predicted octanol–water partition coefficient (Wildman–Crippen LogP) is 3.90. The molecular weight excluding hydrogens is 196 g/mol. The van der Waals surface area contributed by atoms with Gasteiger partial charge in [-0.05, 0) is 30.6 Å². The van der Waals surface area contributed by atoms with Crippen molar-refractivity contribution in [2.75, 3.05) is 0 Å². The van der Waals surface area contributed by atoms with E-state index in [0.717, 1.165) is 18.3 Å². The van der Waals surface area contributed by atoms with Crippen LogP contribution in [0, 0.1) is 17.3 Å². The Labute approximate surface area is 98.6 Å². The molecule has 0 radical (unpaired) electrons. The van der Waals surface area contributed by atoms with Crippen LogP contribution >= 0.6 is 0 Å². The molecule has 0 heterocycles. The van der Waals surface area contributed by atoms with Crippen LogP contribution in [0.5, 0.6) is 0 Å². The van der Waals surface area contributed by atoms with Crippen LogP contribution in [0.2, 0.25) is 0 Å². The van der Waals surface area contributed by atoms with Crippen LogP contribution in [0.15, 0.2) is 23.8 Å². The molecule has 2 aliphatic rings. The van der Waals surface area contributed by atoms with Crippen LogP contribution < -0.4 is 0 Å². The van der Waals surface area contributed by atoms with Gasteiger partial charge in [-0.15, -0.1) is 0 Å². The minimum atomic E-state index is 0.0103. The predicted molar refractivity (Wildman–Crippen MR) is 67.1 cm³/mol. The lowest BCUT2D eigenvalue weighted by atomic mass is 9.69. The van der Waals surface area contributed by atoms with Crippen molar-refractivity contribution in [1.29, 1.82) is 0 Å². The van der Waals surface area contributed by atoms with Crippen molar-refractivity contribution in [3.8, 4) is 0 Å². The van der Waals surface area contributed by atoms with E-state index in [0.29, 0.717) is 5.92 Å². The standard InChI is InChI=1S/C15H22O/c1-11-8-15(2,3)9-13(14(11)10-16)12-6-4-5-7-12/h9-10,12,14H,1,4-8H2,2-3H3. The fourth-order valence-electron chi connectivity index (χ4n) is 3.33. The van der Waals surface area contributed by atoms with E-state index in [2.05, 4.69) is 26.5 Å². The second-order valence-electron chi connectivity index (χ2n) is 6.06. The highest BCUT2D eigenvalue weighted by Gasteiger charge is 2.34. The average Bonchev–Trinajstić information content (AvgIpc) is 2.67. The van der Waals surface area contributed by atoms with Gasteiger partial charge in [-0.25, -0.2) is 0 Å². The molecule has 88 valence electrons. The van der Waals surface area contributed by atoms with Gasteiger partial charge in [0.05, 0.1) is 5.92 Å². The van der Waals surface area contributed by atoms with Crippen LogP contribution in [0.25, 0.3) is 0 Å². The summed E-state index contributed by atoms with van der Waals surface area (Å²) in [4.78, 5) is 11.2. The van der Waals surface area contributed by atoms with E-state index in [-0.39, 0.29) is 11.3 Å². The summed E-state index contributed by atoms with van der Waals surface area (Å²) in [6.07, 6.45) is 9.57. The Bertz CT molecular complexity index is 329. The Kier molecular flexibility index (Phi) is 3.05. The third-order valence-corrected chi connectivity index (χ3v) is 4.00. The van der Waals surface area contributed by atoms with E-state index in [1.54, 1.807) is 0 Å². The molecule has 0 aromatic carbocycles. The maximum atomic E-state index is 11.2. The number of hydrogen-bond acceptors (Lipinski definition) is 1. The smallest absolute Gasteiger partial charge is 0.131 e. The first kappa shape index (κ1) is 11.6. The number of allylic oxidation sites excluding steroid dienone is 3. The summed E-state index contributed by atoms with van der Waals surface area (Å²) in [7, 11) is 0. The Hall–Kier alpha value is -0.850. The molecule has 1 unspecified atom stereocenters. The monoisotopic (exact) mass is 218 g/mol. The summed E-state index contributed by atoms with van der Waals surface area (Å²) in [5, 5.41) is 0. The van der Waals surface area contributed by atoms with Gasteiger partial charge in [-0.1, -0.05) is 50.5 Å². The molecular formula is C15H22O. The lowest BCUT2D eigenvalue weighted by Crippen LogP contribution is -2.26. The molecule has 0 aromatic heterocycles. The van der Waals surface area contributed by atoms with Gasteiger partial charge in [0.25, 0.3) is 0 Å². The first-order valence-corrected chi connectivity index (χ1v) is 6.39. The molecule has 0 saturated heterocycles. The Morgan fingerprint density at radius 2 is 2.00 bits per heavy atom. The molecule has 0 N–H and O–H groups in total. The lowest BCUT2D eigenvalue weighted by Gasteiger charge is -2.35. The summed E-state index contributed by atoms with van der Waals surface area (Å²) in [6, 6.07) is 0. The van der Waals surface area contributed by atoms with Gasteiger partial charge in [0.1, 0.15) is 6.29 Å². The number of rotatable bonds is 2. The quantitative estimate of drug-likeness (QED) is 0.507. The molecule has 2 aliphatic carbocycles. The zero-order valence-corrected chi connectivity index (χ0v) is 10.5. The van der Waals surface area contributed by atoms with Crippen LogP contribution in [0.4, 0.5) is 0 Å². The molecule has 0 amide bonds. The maximum Gasteiger partial charge on any atom is 0.131 e. The third-order valence-electron chi connectivity index (χ3n) is 4.00. The fraction of sp³-hybridized carbons (Fsp3) is 0.667. The van der Waals surface area contributed by atoms with Crippen molar-refractivity contribution in [3.05, 3.63) is 23.8 Å². The van der Waals surface area contributed by atoms with Crippen LogP contribution in [0.3, 0.4) is 0 Å². The molecule has 0 aromatic rings. The van der Waals surface area contributed by atoms with Crippen molar-refractivity contribution in [1.82, 2.24) is 0 Å². The van der Waals surface area contributed by atoms with E-state index < -0.39 is 0 Å². The molecule has 1 saturated carbocycles. The molecule has 16 heavy (non-hydrogen) atoms. The van der Waals surface area contributed by atoms with Gasteiger partial charge in [0.2, 0.25) is 0 Å². The van der Waals surface area contributed by atoms with Gasteiger partial charge in [-0.2, -0.15) is 0 Å². The molecule has 2 rings (SSSR count). The molecule has 1 nitrogen and oxygen atoms in total. The van der Waals surface area contributed by atoms with Crippen LogP contribution in [0.1, 0.15) is 46.0 Å². The first-order chi connectivity index (χ1) is 7.53. The molecule has 0 aliphatic heterocycles. The third kappa shape index (κ3) is 2.14. The van der Waals surface area contributed by atoms with Crippen LogP contribution in [-0.4, -0.2) is 6.29 Å². The zero-order valence-electron chi connectivity index (χ0n) is 10.5. The SMILES string of the molecule is C=C1CC(C)(C)C=C(C2CCCC2)C1C=O. The minimum absolute atomic E-state index is 0.0103. The highest BCUT2D eigenvalue weighted by Crippen LogP contribution is 2.45. The van der Waals surface area contributed by atoms with Crippen molar-refractivity contribution >= 4 is 6.29 Å². The number of carbonyl (C=O) groups excluding carboxylic acids is 1. The minimum Gasteiger partial charge on any atom is -0.302 e. The Morgan fingerprint density at radius 1 is 1.38 bits per heavy atom. The summed E-state index contributed by atoms with van der Waals surface area (Å²) >= 11 is 0. The number of aldehydes is 1. The number of hydrogen-bond donors (Lipinski definition) is 0. The summed E-state index contributed by atoms with van der Waals surface area (Å²) < 4.78 is 0. The van der Waals surface area contributed by atoms with Crippen molar-refractivity contribution in [2.45, 2.75) is 46.0 Å². The van der Waals surface area contributed by atoms with Crippen LogP contribution in [-0.2, 0) is 4.79 Å². The highest BCUT2D eigenvalue weighted by molar-refractivity contribution is 5.65. The maximum absolute atomic E-state index is 11.2. The van der Waals surface area contributed by atoms with E-state index in [9.17, 15) is 4.79 Å². The fourth-order valence-corrected chi connectivity index (χ4v) is 3.33. The summed E-state index contributed by atoms with van der Waals surface area (Å²) in [6.45, 7) is 8.60. The van der Waals surface area contributed by atoms with E-state index in [1.807, 2.05) is 0 Å². The van der Waals surface area contributed by atoms with Crippen molar-refractivity contribution in [3.63, 3.8) is 0 Å². The van der Waals surface area contributed by atoms with Gasteiger partial charge >= 0.3 is 0 Å². The van der Waals surface area contributed by atoms with Gasteiger partial charge in [0, 0.05) is 0 Å². The Balaban J connectivity index is 2.32. The van der Waals surface area contributed by atoms with Gasteiger partial charge in [-0.3, -0.25) is 0 Å². The molecule has 1 atom stereocenters. The van der Waals surface area contributed by atoms with Crippen molar-refractivity contribution in [2.24, 2.45) is 17.3 Å². The largest absolute Gasteiger partial charge is 0.302 e. The van der Waals surface area contributed by atoms with E-state index in [1.165, 1.54) is 31.3 Å². The highest BCUT2D eigenvalue weighted by atomic mass is 16.1. The summed E-state index contributed by atoms with van der Waals surface area (Å²) in [5.74, 6) is 0.655. The molecule has 0 bridgehead atoms. The Morgan fingerprint density at radius 3 is 2.56 bits per heavy atom. The number of carbonyl (C=O) groups is 1. The molecule has 1 heteroatoms. The van der Waals surface area contributed by atoms with E-state index >= 15 is 0 Å². The topological polar surface area (TPSA) is 17.1 Å². The summed E-state index contributed by atoms with van der Waals surface area (Å²) in [5.41, 5.74) is 2.67. The average molecular weight is 218 g/mol. The van der Waals surface area contributed by atoms with E-state index in [4.69, 9.17) is 0 Å². The van der Waals surface area contributed by atoms with Gasteiger partial charge in [0.15, 0.2) is 0 Å². The second kappa shape index (κ2) is 4.20. The normalized spacial score (nSPS) is 30.2. The lowest BCUT2D eigenvalue weighted by molar-refractivity contribution is -0.109. The second-order valence-corrected chi connectivity index (χ2v) is 6.06. The zero-order chi connectivity index (χ0) is 11.8.